The molecule has 21 heavy (non-hydrogen) atoms. The van der Waals surface area contributed by atoms with Crippen molar-refractivity contribution in [3.8, 4) is 0 Å². The number of amides is 4. The van der Waals surface area contributed by atoms with Gasteiger partial charge in [-0.3, -0.25) is 14.4 Å². The number of likely N-dealkylation sites (tertiary alicyclic amines) is 1. The summed E-state index contributed by atoms with van der Waals surface area (Å²) in [7, 11) is 0. The Hall–Kier alpha value is -2.32. The van der Waals surface area contributed by atoms with Crippen LogP contribution in [0, 0.1) is 0 Å². The quantitative estimate of drug-likeness (QED) is 0.491. The summed E-state index contributed by atoms with van der Waals surface area (Å²) >= 11 is 0. The Bertz CT molecular complexity index is 418. The Kier molecular flexibility index (Phi) is 6.44. The van der Waals surface area contributed by atoms with Gasteiger partial charge in [-0.25, -0.2) is 4.79 Å². The van der Waals surface area contributed by atoms with Crippen LogP contribution >= 0.6 is 0 Å². The highest BCUT2D eigenvalue weighted by Crippen LogP contribution is 2.10. The second-order valence-corrected chi connectivity index (χ2v) is 4.79. The topological polar surface area (TPSA) is 128 Å². The van der Waals surface area contributed by atoms with Gasteiger partial charge in [0.1, 0.15) is 6.54 Å². The maximum absolute atomic E-state index is 11.8. The summed E-state index contributed by atoms with van der Waals surface area (Å²) in [5.41, 5.74) is 0. The summed E-state index contributed by atoms with van der Waals surface area (Å²) in [5.74, 6) is -1.79. The van der Waals surface area contributed by atoms with Crippen LogP contribution in [0.25, 0.3) is 0 Å². The number of nitrogens with zero attached hydrogens (tertiary/aromatic N) is 1. The number of carbonyl (C=O) groups excluding carboxylic acids is 3. The monoisotopic (exact) mass is 300 g/mol. The number of carbonyl (C=O) groups is 4. The number of aliphatic carboxylic acids is 1. The fraction of sp³-hybridized carbons (Fsp3) is 0.667. The van der Waals surface area contributed by atoms with Crippen LogP contribution in [0.15, 0.2) is 0 Å². The minimum absolute atomic E-state index is 0.0745. The summed E-state index contributed by atoms with van der Waals surface area (Å²) in [4.78, 5) is 45.8. The van der Waals surface area contributed by atoms with Crippen LogP contribution in [0.1, 0.15) is 19.8 Å². The van der Waals surface area contributed by atoms with Gasteiger partial charge in [0.25, 0.3) is 0 Å². The van der Waals surface area contributed by atoms with E-state index in [1.54, 1.807) is 4.90 Å². The van der Waals surface area contributed by atoms with E-state index in [2.05, 4.69) is 16.0 Å². The van der Waals surface area contributed by atoms with Crippen LogP contribution in [0.2, 0.25) is 0 Å². The predicted molar refractivity (Wildman–Crippen MR) is 72.5 cm³/mol. The zero-order valence-corrected chi connectivity index (χ0v) is 11.8. The molecule has 9 nitrogen and oxygen atoms in total. The summed E-state index contributed by atoms with van der Waals surface area (Å²) in [6, 6.07) is -0.299. The average molecular weight is 300 g/mol. The van der Waals surface area contributed by atoms with Gasteiger partial charge >= 0.3 is 12.0 Å². The smallest absolute Gasteiger partial charge is 0.322 e. The molecule has 0 aromatic rings. The number of hydrogen-bond donors (Lipinski definition) is 4. The molecule has 0 spiro atoms. The number of piperidine rings is 1. The van der Waals surface area contributed by atoms with Gasteiger partial charge in [-0.1, -0.05) is 0 Å². The Balaban J connectivity index is 2.23. The molecule has 1 heterocycles. The van der Waals surface area contributed by atoms with Crippen molar-refractivity contribution in [3.63, 3.8) is 0 Å². The van der Waals surface area contributed by atoms with E-state index in [9.17, 15) is 19.2 Å². The van der Waals surface area contributed by atoms with Crippen molar-refractivity contribution in [3.05, 3.63) is 0 Å². The molecule has 0 radical (unpaired) electrons. The average Bonchev–Trinajstić information content (AvgIpc) is 2.42. The van der Waals surface area contributed by atoms with Crippen LogP contribution in [0.4, 0.5) is 4.79 Å². The number of rotatable bonds is 5. The molecule has 0 saturated carbocycles. The highest BCUT2D eigenvalue weighted by atomic mass is 16.4. The van der Waals surface area contributed by atoms with Crippen molar-refractivity contribution in [2.75, 3.05) is 26.2 Å². The van der Waals surface area contributed by atoms with Crippen molar-refractivity contribution in [2.24, 2.45) is 0 Å². The van der Waals surface area contributed by atoms with E-state index >= 15 is 0 Å². The molecule has 1 aliphatic heterocycles. The molecule has 118 valence electrons. The van der Waals surface area contributed by atoms with Gasteiger partial charge in [-0.05, 0) is 12.8 Å². The third kappa shape index (κ3) is 6.59. The van der Waals surface area contributed by atoms with Crippen LogP contribution < -0.4 is 16.0 Å². The standard InChI is InChI=1S/C12H20N4O5/c1-8(17)15-9-2-4-16(5-3-9)12(21)14-6-10(18)13-7-11(19)20/h9H,2-7H2,1H3,(H,13,18)(H,14,21)(H,15,17)(H,19,20). The van der Waals surface area contributed by atoms with E-state index < -0.39 is 18.4 Å². The third-order valence-electron chi connectivity index (χ3n) is 3.03. The second kappa shape index (κ2) is 8.08. The molecule has 0 aliphatic carbocycles. The first-order valence-corrected chi connectivity index (χ1v) is 6.67. The molecule has 0 aromatic heterocycles. The van der Waals surface area contributed by atoms with Crippen molar-refractivity contribution in [1.82, 2.24) is 20.9 Å². The Morgan fingerprint density at radius 2 is 1.71 bits per heavy atom. The number of carboxylic acids is 1. The van der Waals surface area contributed by atoms with Crippen LogP contribution in [0.3, 0.4) is 0 Å². The zero-order valence-electron chi connectivity index (χ0n) is 11.8. The summed E-state index contributed by atoms with van der Waals surface area (Å²) in [6.45, 7) is 1.70. The Morgan fingerprint density at radius 3 is 2.24 bits per heavy atom. The first-order chi connectivity index (χ1) is 9.88. The van der Waals surface area contributed by atoms with E-state index in [1.165, 1.54) is 6.92 Å². The lowest BCUT2D eigenvalue weighted by Crippen LogP contribution is -2.50. The van der Waals surface area contributed by atoms with Gasteiger partial charge < -0.3 is 26.0 Å². The molecule has 4 N–H and O–H groups in total. The lowest BCUT2D eigenvalue weighted by molar-refractivity contribution is -0.137. The fourth-order valence-electron chi connectivity index (χ4n) is 2.02. The molecule has 0 atom stereocenters. The lowest BCUT2D eigenvalue weighted by Gasteiger charge is -2.32. The third-order valence-corrected chi connectivity index (χ3v) is 3.03. The Morgan fingerprint density at radius 1 is 1.10 bits per heavy atom. The number of hydrogen-bond acceptors (Lipinski definition) is 4. The van der Waals surface area contributed by atoms with E-state index in [0.29, 0.717) is 25.9 Å². The summed E-state index contributed by atoms with van der Waals surface area (Å²) in [6.07, 6.45) is 1.33. The number of nitrogens with one attached hydrogen (secondary N) is 3. The van der Waals surface area contributed by atoms with Gasteiger partial charge in [-0.2, -0.15) is 0 Å². The molecular formula is C12H20N4O5. The molecule has 4 amide bonds. The fourth-order valence-corrected chi connectivity index (χ4v) is 2.02. The van der Waals surface area contributed by atoms with Gasteiger partial charge in [-0.15, -0.1) is 0 Å². The molecule has 9 heteroatoms. The SMILES string of the molecule is CC(=O)NC1CCN(C(=O)NCC(=O)NCC(=O)O)CC1. The maximum Gasteiger partial charge on any atom is 0.322 e. The molecule has 1 fully saturated rings. The molecule has 0 bridgehead atoms. The van der Waals surface area contributed by atoms with E-state index in [1.807, 2.05) is 0 Å². The minimum atomic E-state index is -1.14. The zero-order chi connectivity index (χ0) is 15.8. The van der Waals surface area contributed by atoms with Gasteiger partial charge in [0, 0.05) is 26.1 Å². The van der Waals surface area contributed by atoms with Gasteiger partial charge in [0.15, 0.2) is 0 Å². The van der Waals surface area contributed by atoms with E-state index in [4.69, 9.17) is 5.11 Å². The highest BCUT2D eigenvalue weighted by Gasteiger charge is 2.23. The molecule has 0 unspecified atom stereocenters. The van der Waals surface area contributed by atoms with Crippen molar-refractivity contribution in [1.29, 1.82) is 0 Å². The van der Waals surface area contributed by atoms with Gasteiger partial charge in [0.05, 0.1) is 6.54 Å². The van der Waals surface area contributed by atoms with Crippen molar-refractivity contribution in [2.45, 2.75) is 25.8 Å². The normalized spacial score (nSPS) is 15.2. The molecular weight excluding hydrogens is 280 g/mol. The van der Waals surface area contributed by atoms with E-state index in [0.717, 1.165) is 0 Å². The minimum Gasteiger partial charge on any atom is -0.480 e. The molecule has 1 rings (SSSR count). The lowest BCUT2D eigenvalue weighted by atomic mass is 10.1. The first-order valence-electron chi connectivity index (χ1n) is 6.67. The van der Waals surface area contributed by atoms with Gasteiger partial charge in [0.2, 0.25) is 11.8 Å². The largest absolute Gasteiger partial charge is 0.480 e. The van der Waals surface area contributed by atoms with Crippen LogP contribution in [-0.4, -0.2) is 66.0 Å². The highest BCUT2D eigenvalue weighted by molar-refractivity contribution is 5.86. The summed E-state index contributed by atoms with van der Waals surface area (Å²) < 4.78 is 0. The van der Waals surface area contributed by atoms with Crippen LogP contribution in [0.5, 0.6) is 0 Å². The van der Waals surface area contributed by atoms with Crippen LogP contribution in [-0.2, 0) is 14.4 Å². The Labute approximate surface area is 122 Å². The molecule has 0 aromatic carbocycles. The first kappa shape index (κ1) is 16.7. The van der Waals surface area contributed by atoms with Crippen molar-refractivity contribution >= 4 is 23.8 Å². The second-order valence-electron chi connectivity index (χ2n) is 4.79. The maximum atomic E-state index is 11.8. The summed E-state index contributed by atoms with van der Waals surface area (Å²) in [5, 5.41) is 15.8. The number of carboxylic acid groups (broad SMARTS) is 1. The number of urea groups is 1. The molecule has 1 saturated heterocycles. The van der Waals surface area contributed by atoms with Crippen molar-refractivity contribution < 1.29 is 24.3 Å². The van der Waals surface area contributed by atoms with E-state index in [-0.39, 0.29) is 24.5 Å². The predicted octanol–water partition coefficient (Wildman–Crippen LogP) is -1.50. The molecule has 1 aliphatic rings.